The number of esters is 1. The Morgan fingerprint density at radius 3 is 0.929 bits per heavy atom. The monoisotopic (exact) mass is 1480 g/mol. The summed E-state index contributed by atoms with van der Waals surface area (Å²) in [4.78, 5) is 79.1. The van der Waals surface area contributed by atoms with Crippen molar-refractivity contribution in [1.29, 1.82) is 0 Å². The topological polar surface area (TPSA) is 187 Å². The van der Waals surface area contributed by atoms with Crippen molar-refractivity contribution in [3.05, 3.63) is 287 Å². The lowest BCUT2D eigenvalue weighted by Gasteiger charge is -2.32. The second-order valence-corrected chi connectivity index (χ2v) is 28.9. The predicted molar refractivity (Wildman–Crippen MR) is 436 cm³/mol. The zero-order valence-corrected chi connectivity index (χ0v) is 62.1. The first-order valence-electron chi connectivity index (χ1n) is 37.9. The van der Waals surface area contributed by atoms with Gasteiger partial charge in [0.2, 0.25) is 0 Å². The van der Waals surface area contributed by atoms with E-state index < -0.39 is 42.8 Å². The van der Waals surface area contributed by atoms with E-state index in [1.807, 2.05) is 125 Å². The van der Waals surface area contributed by atoms with Crippen molar-refractivity contribution in [3.63, 3.8) is 0 Å². The maximum absolute atomic E-state index is 16.0. The van der Waals surface area contributed by atoms with Crippen LogP contribution in [0.4, 0.5) is 0 Å². The summed E-state index contributed by atoms with van der Waals surface area (Å²) in [6, 6.07) is 74.9. The Morgan fingerprint density at radius 1 is 0.312 bits per heavy atom. The molecule has 112 heavy (non-hydrogen) atoms. The molecular weight excluding hydrogens is 1410 g/mol. The van der Waals surface area contributed by atoms with Crippen molar-refractivity contribution >= 4 is 116 Å². The molecule has 2 aliphatic heterocycles. The molecule has 0 fully saturated rings. The van der Waals surface area contributed by atoms with Gasteiger partial charge < -0.3 is 47.4 Å². The van der Waals surface area contributed by atoms with Gasteiger partial charge in [-0.2, -0.15) is 0 Å². The molecule has 0 bridgehead atoms. The molecule has 17 heteroatoms. The third-order valence-corrected chi connectivity index (χ3v) is 21.5. The number of carbonyl (C=O) groups is 5. The number of imide groups is 2. The van der Waals surface area contributed by atoms with Gasteiger partial charge in [-0.05, 0) is 163 Å². The molecule has 0 saturated carbocycles. The van der Waals surface area contributed by atoms with Gasteiger partial charge in [-0.1, -0.05) is 144 Å². The molecule has 554 valence electrons. The molecule has 1 N–H and O–H groups in total. The van der Waals surface area contributed by atoms with Gasteiger partial charge in [0.1, 0.15) is 64.1 Å². The van der Waals surface area contributed by atoms with Crippen molar-refractivity contribution in [1.82, 2.24) is 18.9 Å². The second-order valence-electron chi connectivity index (χ2n) is 28.9. The first-order chi connectivity index (χ1) is 54.7. The normalized spacial score (nSPS) is 12.8. The van der Waals surface area contributed by atoms with E-state index >= 15 is 19.2 Å². The fourth-order valence-corrected chi connectivity index (χ4v) is 16.1. The van der Waals surface area contributed by atoms with Crippen molar-refractivity contribution in [2.75, 3.05) is 39.5 Å². The lowest BCUT2D eigenvalue weighted by atomic mass is 9.80. The molecule has 2 aliphatic rings. The van der Waals surface area contributed by atoms with E-state index in [9.17, 15) is 9.90 Å². The summed E-state index contributed by atoms with van der Waals surface area (Å²) in [6.45, 7) is 8.46. The molecule has 0 aliphatic carbocycles. The molecule has 18 rings (SSSR count). The second kappa shape index (κ2) is 29.1. The Balaban J connectivity index is 0.721. The molecule has 0 atom stereocenters. The van der Waals surface area contributed by atoms with E-state index in [4.69, 9.17) is 33.2 Å². The number of hydrogen-bond donors (Lipinski definition) is 1. The molecule has 4 heterocycles. The van der Waals surface area contributed by atoms with Gasteiger partial charge in [-0.15, -0.1) is 0 Å². The summed E-state index contributed by atoms with van der Waals surface area (Å²) < 4.78 is 52.2. The fourth-order valence-electron chi connectivity index (χ4n) is 16.1. The van der Waals surface area contributed by atoms with Gasteiger partial charge in [-0.25, -0.2) is 4.79 Å². The SMILES string of the molecule is Cc1ccc(Oc2cc3c4c(cc(Oc5ccc(C)cc5)c5c6c(Oc7ccc(C)cc7)cc7c8c(cc(Oc9ccc(C)cc9)c(c2c45)c86)C(=O)N(CCOC(=O)c2cc(OCCCCn4c5ccccc5c5ccccc54)cc(OCCCCn4c5ccccc5c5ccccc54)c2)C7=O)C(=O)N(CCO)C3=O)cc1. The number of aliphatic hydroxyl groups is 1. The Morgan fingerprint density at radius 2 is 0.616 bits per heavy atom. The summed E-state index contributed by atoms with van der Waals surface area (Å²) in [5, 5.41) is 17.8. The smallest absolute Gasteiger partial charge is 0.338 e. The van der Waals surface area contributed by atoms with Crippen LogP contribution in [0.1, 0.15) is 99.7 Å². The Labute approximate surface area is 644 Å². The van der Waals surface area contributed by atoms with Gasteiger partial charge in [-0.3, -0.25) is 29.0 Å². The van der Waals surface area contributed by atoms with Crippen LogP contribution in [0.3, 0.4) is 0 Å². The van der Waals surface area contributed by atoms with E-state index in [0.29, 0.717) is 92.9 Å². The molecule has 16 aromatic rings. The summed E-state index contributed by atoms with van der Waals surface area (Å²) in [5.74, 6) is -0.483. The van der Waals surface area contributed by atoms with Crippen molar-refractivity contribution in [2.24, 2.45) is 0 Å². The van der Waals surface area contributed by atoms with Gasteiger partial charge in [0.25, 0.3) is 23.6 Å². The molecule has 0 spiro atoms. The number of nitrogens with zero attached hydrogens (tertiary/aromatic N) is 4. The summed E-state index contributed by atoms with van der Waals surface area (Å²) in [6.07, 6.45) is 3.05. The van der Waals surface area contributed by atoms with E-state index in [0.717, 1.165) is 58.0 Å². The number of carbonyl (C=O) groups excluding carboxylic acids is 5. The number of rotatable bonds is 26. The zero-order valence-electron chi connectivity index (χ0n) is 62.1. The van der Waals surface area contributed by atoms with Crippen LogP contribution in [0.15, 0.2) is 237 Å². The minimum Gasteiger partial charge on any atom is -0.493 e. The number of amides is 4. The number of fused-ring (bicyclic) bond motifs is 8. The number of ether oxygens (including phenoxy) is 7. The van der Waals surface area contributed by atoms with E-state index in [1.54, 1.807) is 42.5 Å². The lowest BCUT2D eigenvalue weighted by molar-refractivity contribution is 0.0404. The van der Waals surface area contributed by atoms with Crippen molar-refractivity contribution < 1.29 is 62.2 Å². The van der Waals surface area contributed by atoms with Crippen molar-refractivity contribution in [3.8, 4) is 57.5 Å². The molecule has 17 nitrogen and oxygen atoms in total. The largest absolute Gasteiger partial charge is 0.493 e. The highest BCUT2D eigenvalue weighted by molar-refractivity contribution is 6.45. The van der Waals surface area contributed by atoms with Gasteiger partial charge >= 0.3 is 5.97 Å². The molecule has 14 aromatic carbocycles. The number of benzene rings is 14. The minimum absolute atomic E-state index is 0.0720. The third kappa shape index (κ3) is 12.7. The molecular formula is C95H76N4O13. The highest BCUT2D eigenvalue weighted by Crippen LogP contribution is 2.58. The first-order valence-corrected chi connectivity index (χ1v) is 37.9. The zero-order chi connectivity index (χ0) is 76.4. The number of unbranched alkanes of at least 4 members (excludes halogenated alkanes) is 2. The van der Waals surface area contributed by atoms with E-state index in [2.05, 4.69) is 106 Å². The summed E-state index contributed by atoms with van der Waals surface area (Å²) >= 11 is 0. The Kier molecular flexibility index (Phi) is 18.3. The van der Waals surface area contributed by atoms with Crippen LogP contribution >= 0.6 is 0 Å². The predicted octanol–water partition coefficient (Wildman–Crippen LogP) is 21.1. The van der Waals surface area contributed by atoms with Crippen LogP contribution in [0, 0.1) is 27.7 Å². The summed E-state index contributed by atoms with van der Waals surface area (Å²) in [7, 11) is 0. The number of β-amino-alcohol motifs (C(OH)–C–C–N with tert-alkyl or cyclic N) is 1. The first kappa shape index (κ1) is 70.2. The van der Waals surface area contributed by atoms with Crippen LogP contribution in [0.5, 0.6) is 57.5 Å². The lowest BCUT2D eigenvalue weighted by Crippen LogP contribution is -2.42. The maximum atomic E-state index is 16.0. The number of hydrogen-bond acceptors (Lipinski definition) is 13. The number of aliphatic hydroxyl groups excluding tert-OH is 1. The minimum atomic E-state index is -0.734. The maximum Gasteiger partial charge on any atom is 0.338 e. The quantitative estimate of drug-likeness (QED) is 0.0178. The number of aromatic nitrogens is 2. The molecule has 0 unspecified atom stereocenters. The van der Waals surface area contributed by atoms with Gasteiger partial charge in [0.15, 0.2) is 0 Å². The van der Waals surface area contributed by atoms with Crippen LogP contribution in [0.2, 0.25) is 0 Å². The Hall–Kier alpha value is -13.5. The average Bonchev–Trinajstić information content (AvgIpc) is 0.832. The van der Waals surface area contributed by atoms with E-state index in [1.165, 1.54) is 43.6 Å². The van der Waals surface area contributed by atoms with Crippen LogP contribution < -0.4 is 28.4 Å². The standard InChI is InChI=1S/C95H76N4O13/c1-56-25-33-61(34-26-56)109-79-52-71-83-72(92(102)98(43-45-100)91(71)101)53-80(110-62-35-27-57(2)28-36-62)86-88-82(112-64-39-31-59(4)32-40-64)55-74-84-73(54-81(87(90(84)88)85(79)89(83)86)111-63-37-29-58(3)30-38-63)93(103)99(94(74)104)44-48-108-95(105)60-49-65(106-46-15-13-41-96-75-21-9-5-17-67(75)68-18-6-10-22-76(68)96)51-66(50-60)107-47-16-14-42-97-77-23-11-7-19-69(77)70-20-8-12-24-78(70)97/h5-12,17-40,49-55,100H,13-16,41-48H2,1-4H3. The average molecular weight is 1480 g/mol. The van der Waals surface area contributed by atoms with Gasteiger partial charge in [0, 0.05) is 106 Å². The highest BCUT2D eigenvalue weighted by atomic mass is 16.5. The third-order valence-electron chi connectivity index (χ3n) is 21.5. The van der Waals surface area contributed by atoms with Crippen LogP contribution in [-0.2, 0) is 17.8 Å². The molecule has 4 amide bonds. The number of para-hydroxylation sites is 4. The van der Waals surface area contributed by atoms with E-state index in [-0.39, 0.29) is 74.7 Å². The number of aryl methyl sites for hydroxylation is 6. The Bertz CT molecular complexity index is 6010. The molecule has 0 radical (unpaired) electrons. The van der Waals surface area contributed by atoms with Gasteiger partial charge in [0.05, 0.1) is 60.7 Å². The van der Waals surface area contributed by atoms with Crippen LogP contribution in [0.25, 0.3) is 86.7 Å². The summed E-state index contributed by atoms with van der Waals surface area (Å²) in [5.41, 5.74) is 9.02. The molecule has 2 aromatic heterocycles. The van der Waals surface area contributed by atoms with Crippen LogP contribution in [-0.4, -0.2) is 93.2 Å². The fraction of sp³-hybridized carbons (Fsp3) is 0.168. The molecule has 0 saturated heterocycles. The van der Waals surface area contributed by atoms with Crippen molar-refractivity contribution in [2.45, 2.75) is 66.5 Å². The highest BCUT2D eigenvalue weighted by Gasteiger charge is 2.42.